The van der Waals surface area contributed by atoms with Crippen LogP contribution in [-0.2, 0) is 6.54 Å². The minimum atomic E-state index is -0.0742. The monoisotopic (exact) mass is 402 g/mol. The summed E-state index contributed by atoms with van der Waals surface area (Å²) in [5, 5.41) is 0. The minimum Gasteiger partial charge on any atom is -0.459 e. The van der Waals surface area contributed by atoms with Crippen molar-refractivity contribution in [3.05, 3.63) is 72.6 Å². The molecule has 4 aromatic rings. The van der Waals surface area contributed by atoms with Gasteiger partial charge in [-0.25, -0.2) is 9.97 Å². The lowest BCUT2D eigenvalue weighted by Crippen LogP contribution is -2.49. The van der Waals surface area contributed by atoms with Gasteiger partial charge in [-0.1, -0.05) is 24.3 Å². The summed E-state index contributed by atoms with van der Waals surface area (Å²) in [6, 6.07) is 11.6. The summed E-state index contributed by atoms with van der Waals surface area (Å²) in [5.41, 5.74) is 9.64. The Morgan fingerprint density at radius 3 is 2.57 bits per heavy atom. The second kappa shape index (κ2) is 7.64. The van der Waals surface area contributed by atoms with Crippen molar-refractivity contribution in [2.24, 2.45) is 5.73 Å². The van der Waals surface area contributed by atoms with Crippen LogP contribution in [0.4, 0.5) is 5.82 Å². The molecular weight excluding hydrogens is 380 g/mol. The molecular formula is C22H22N6O2. The fourth-order valence-corrected chi connectivity index (χ4v) is 3.83. The van der Waals surface area contributed by atoms with Gasteiger partial charge in [-0.15, -0.1) is 0 Å². The van der Waals surface area contributed by atoms with Gasteiger partial charge in [-0.2, -0.15) is 0 Å². The van der Waals surface area contributed by atoms with E-state index in [1.165, 1.54) is 6.26 Å². The molecule has 0 saturated carbocycles. The Kier molecular flexibility index (Phi) is 4.68. The van der Waals surface area contributed by atoms with Crippen molar-refractivity contribution in [3.8, 4) is 11.3 Å². The highest BCUT2D eigenvalue weighted by atomic mass is 16.3. The van der Waals surface area contributed by atoms with E-state index >= 15 is 0 Å². The number of imidazole rings is 1. The van der Waals surface area contributed by atoms with Gasteiger partial charge in [0, 0.05) is 50.7 Å². The molecule has 0 aliphatic carbocycles. The molecule has 0 unspecified atom stereocenters. The molecule has 0 radical (unpaired) electrons. The summed E-state index contributed by atoms with van der Waals surface area (Å²) >= 11 is 0. The molecule has 0 bridgehead atoms. The van der Waals surface area contributed by atoms with E-state index in [-0.39, 0.29) is 5.91 Å². The number of benzene rings is 1. The number of nitrogens with zero attached hydrogens (tertiary/aromatic N) is 5. The van der Waals surface area contributed by atoms with E-state index < -0.39 is 0 Å². The van der Waals surface area contributed by atoms with Crippen LogP contribution in [-0.4, -0.2) is 51.4 Å². The van der Waals surface area contributed by atoms with Gasteiger partial charge in [0.1, 0.15) is 0 Å². The summed E-state index contributed by atoms with van der Waals surface area (Å²) < 4.78 is 7.30. The van der Waals surface area contributed by atoms with Crippen molar-refractivity contribution in [3.63, 3.8) is 0 Å². The van der Waals surface area contributed by atoms with Crippen LogP contribution in [0.2, 0.25) is 0 Å². The molecule has 1 fully saturated rings. The maximum absolute atomic E-state index is 12.5. The van der Waals surface area contributed by atoms with Crippen molar-refractivity contribution in [2.45, 2.75) is 6.54 Å². The second-order valence-corrected chi connectivity index (χ2v) is 7.25. The highest BCUT2D eigenvalue weighted by Gasteiger charge is 2.26. The van der Waals surface area contributed by atoms with Crippen LogP contribution in [0.25, 0.3) is 16.9 Å². The van der Waals surface area contributed by atoms with Crippen molar-refractivity contribution in [2.75, 3.05) is 31.1 Å². The number of hydrogen-bond donors (Lipinski definition) is 1. The molecule has 152 valence electrons. The largest absolute Gasteiger partial charge is 0.459 e. The summed E-state index contributed by atoms with van der Waals surface area (Å²) in [4.78, 5) is 25.8. The molecule has 8 nitrogen and oxygen atoms in total. The van der Waals surface area contributed by atoms with Crippen LogP contribution in [0, 0.1) is 0 Å². The quantitative estimate of drug-likeness (QED) is 0.564. The third kappa shape index (κ3) is 3.21. The van der Waals surface area contributed by atoms with E-state index in [4.69, 9.17) is 15.1 Å². The van der Waals surface area contributed by atoms with Gasteiger partial charge >= 0.3 is 0 Å². The average Bonchev–Trinajstić information content (AvgIpc) is 3.51. The molecule has 1 aliphatic heterocycles. The van der Waals surface area contributed by atoms with E-state index in [1.54, 1.807) is 18.3 Å². The molecule has 2 N–H and O–H groups in total. The number of anilines is 1. The van der Waals surface area contributed by atoms with Crippen LogP contribution < -0.4 is 10.6 Å². The zero-order valence-electron chi connectivity index (χ0n) is 16.4. The summed E-state index contributed by atoms with van der Waals surface area (Å²) in [5.74, 6) is 1.13. The van der Waals surface area contributed by atoms with E-state index in [0.717, 1.165) is 28.3 Å². The lowest BCUT2D eigenvalue weighted by atomic mass is 10.1. The smallest absolute Gasteiger partial charge is 0.289 e. The van der Waals surface area contributed by atoms with Gasteiger partial charge in [0.25, 0.3) is 5.91 Å². The lowest BCUT2D eigenvalue weighted by molar-refractivity contribution is 0.0714. The SMILES string of the molecule is NCc1ccc(-c2cnc(N3CCN(C(=O)c4ccco4)CC3)c3nccn23)cc1. The molecule has 0 spiro atoms. The van der Waals surface area contributed by atoms with Crippen molar-refractivity contribution in [1.29, 1.82) is 0 Å². The topological polar surface area (TPSA) is 92.9 Å². The molecule has 1 saturated heterocycles. The number of fused-ring (bicyclic) bond motifs is 1. The number of piperazine rings is 1. The van der Waals surface area contributed by atoms with E-state index in [1.807, 2.05) is 29.4 Å². The van der Waals surface area contributed by atoms with Gasteiger partial charge in [0.15, 0.2) is 17.2 Å². The molecule has 1 amide bonds. The molecule has 0 atom stereocenters. The van der Waals surface area contributed by atoms with Crippen LogP contribution in [0.15, 0.2) is 65.7 Å². The lowest BCUT2D eigenvalue weighted by Gasteiger charge is -2.35. The first-order chi connectivity index (χ1) is 14.7. The Bertz CT molecular complexity index is 1160. The number of amides is 1. The van der Waals surface area contributed by atoms with Crippen molar-refractivity contribution >= 4 is 17.4 Å². The maximum atomic E-state index is 12.5. The minimum absolute atomic E-state index is 0.0742. The van der Waals surface area contributed by atoms with E-state index in [0.29, 0.717) is 38.5 Å². The van der Waals surface area contributed by atoms with Crippen molar-refractivity contribution in [1.82, 2.24) is 19.3 Å². The molecule has 30 heavy (non-hydrogen) atoms. The first kappa shape index (κ1) is 18.4. The van der Waals surface area contributed by atoms with Gasteiger partial charge in [0.2, 0.25) is 0 Å². The molecule has 8 heteroatoms. The predicted octanol–water partition coefficient (Wildman–Crippen LogP) is 2.41. The fourth-order valence-electron chi connectivity index (χ4n) is 3.83. The first-order valence-corrected chi connectivity index (χ1v) is 9.94. The van der Waals surface area contributed by atoms with Gasteiger partial charge < -0.3 is 20.0 Å². The standard InChI is InChI=1S/C22H22N6O2/c23-14-16-3-5-17(6-4-16)18-15-25-20(21-24-7-8-28(18)21)26-9-11-27(12-10-26)22(29)19-2-1-13-30-19/h1-8,13,15H,9-12,14,23H2. The number of rotatable bonds is 4. The number of nitrogens with two attached hydrogens (primary N) is 1. The number of furan rings is 1. The normalized spacial score (nSPS) is 14.4. The second-order valence-electron chi connectivity index (χ2n) is 7.25. The van der Waals surface area contributed by atoms with E-state index in [2.05, 4.69) is 26.4 Å². The molecule has 3 aromatic heterocycles. The number of aromatic nitrogens is 3. The molecule has 1 aromatic carbocycles. The van der Waals surface area contributed by atoms with E-state index in [9.17, 15) is 4.79 Å². The highest BCUT2D eigenvalue weighted by Crippen LogP contribution is 2.26. The van der Waals surface area contributed by atoms with Gasteiger partial charge in [-0.05, 0) is 17.7 Å². The van der Waals surface area contributed by atoms with Gasteiger partial charge in [-0.3, -0.25) is 9.20 Å². The highest BCUT2D eigenvalue weighted by molar-refractivity contribution is 5.91. The number of hydrogen-bond acceptors (Lipinski definition) is 6. The average molecular weight is 402 g/mol. The summed E-state index contributed by atoms with van der Waals surface area (Å²) in [6.45, 7) is 3.11. The molecule has 4 heterocycles. The number of carbonyl (C=O) groups is 1. The third-order valence-corrected chi connectivity index (χ3v) is 5.49. The Balaban J connectivity index is 1.38. The van der Waals surface area contributed by atoms with Crippen molar-refractivity contribution < 1.29 is 9.21 Å². The maximum Gasteiger partial charge on any atom is 0.289 e. The van der Waals surface area contributed by atoms with Crippen LogP contribution in [0.5, 0.6) is 0 Å². The molecule has 5 rings (SSSR count). The first-order valence-electron chi connectivity index (χ1n) is 9.94. The Labute approximate surface area is 173 Å². The van der Waals surface area contributed by atoms with Crippen LogP contribution in [0.1, 0.15) is 16.1 Å². The zero-order chi connectivity index (χ0) is 20.5. The molecule has 1 aliphatic rings. The Morgan fingerprint density at radius 1 is 1.07 bits per heavy atom. The predicted molar refractivity (Wildman–Crippen MR) is 113 cm³/mol. The zero-order valence-corrected chi connectivity index (χ0v) is 16.4. The van der Waals surface area contributed by atoms with Gasteiger partial charge in [0.05, 0.1) is 18.2 Å². The summed E-state index contributed by atoms with van der Waals surface area (Å²) in [6.07, 6.45) is 7.13. The fraction of sp³-hybridized carbons (Fsp3) is 0.227. The Hall–Kier alpha value is -3.65. The third-order valence-electron chi connectivity index (χ3n) is 5.49. The Morgan fingerprint density at radius 2 is 1.87 bits per heavy atom. The number of carbonyl (C=O) groups excluding carboxylic acids is 1. The van der Waals surface area contributed by atoms with Crippen LogP contribution in [0.3, 0.4) is 0 Å². The van der Waals surface area contributed by atoms with Crippen LogP contribution >= 0.6 is 0 Å². The summed E-state index contributed by atoms with van der Waals surface area (Å²) in [7, 11) is 0.